The molecule has 0 spiro atoms. The lowest BCUT2D eigenvalue weighted by atomic mass is 10.2. The van der Waals surface area contributed by atoms with Crippen LogP contribution in [-0.2, 0) is 24.3 Å². The van der Waals surface area contributed by atoms with Crippen molar-refractivity contribution in [3.8, 4) is 0 Å². The normalized spacial score (nSPS) is 13.4. The van der Waals surface area contributed by atoms with Crippen LogP contribution in [0.5, 0.6) is 0 Å². The van der Waals surface area contributed by atoms with Crippen molar-refractivity contribution in [2.24, 2.45) is 0 Å². The molecule has 0 bridgehead atoms. The minimum absolute atomic E-state index is 0.0174. The first-order chi connectivity index (χ1) is 13.6. The Morgan fingerprint density at radius 3 is 2.21 bits per heavy atom. The second-order valence-corrected chi connectivity index (χ2v) is 8.20. The summed E-state index contributed by atoms with van der Waals surface area (Å²) >= 11 is 0. The molecule has 29 heavy (non-hydrogen) atoms. The van der Waals surface area contributed by atoms with E-state index in [-0.39, 0.29) is 11.3 Å². The van der Waals surface area contributed by atoms with Gasteiger partial charge in [0.1, 0.15) is 11.9 Å². The fourth-order valence-electron chi connectivity index (χ4n) is 2.39. The van der Waals surface area contributed by atoms with Crippen LogP contribution in [0.4, 0.5) is 10.1 Å². The molecule has 156 valence electrons. The molecular weight excluding hydrogens is 399 g/mol. The summed E-state index contributed by atoms with van der Waals surface area (Å²) in [6.07, 6.45) is -0.949. The SMILES string of the molecule is CCC(OC(=O)[C@H](C)NS(=O)(=O)c1ccc(C)cc1)C(=O)Nc1ccc(F)cc1. The number of hydrogen-bond acceptors (Lipinski definition) is 5. The first kappa shape index (κ1) is 22.5. The Bertz CT molecular complexity index is 959. The van der Waals surface area contributed by atoms with Crippen LogP contribution in [0.3, 0.4) is 0 Å². The van der Waals surface area contributed by atoms with E-state index in [1.54, 1.807) is 19.1 Å². The summed E-state index contributed by atoms with van der Waals surface area (Å²) in [5.41, 5.74) is 1.24. The van der Waals surface area contributed by atoms with Gasteiger partial charge in [0, 0.05) is 5.69 Å². The van der Waals surface area contributed by atoms with Gasteiger partial charge < -0.3 is 10.1 Å². The predicted molar refractivity (Wildman–Crippen MR) is 106 cm³/mol. The topological polar surface area (TPSA) is 102 Å². The smallest absolute Gasteiger partial charge is 0.324 e. The van der Waals surface area contributed by atoms with Crippen LogP contribution in [0.1, 0.15) is 25.8 Å². The highest BCUT2D eigenvalue weighted by atomic mass is 32.2. The van der Waals surface area contributed by atoms with Gasteiger partial charge in [-0.15, -0.1) is 0 Å². The lowest BCUT2D eigenvalue weighted by Gasteiger charge is -2.19. The average molecular weight is 422 g/mol. The van der Waals surface area contributed by atoms with Gasteiger partial charge in [-0.25, -0.2) is 12.8 Å². The fraction of sp³-hybridized carbons (Fsp3) is 0.300. The average Bonchev–Trinajstić information content (AvgIpc) is 2.67. The number of ether oxygens (including phenoxy) is 1. The zero-order valence-electron chi connectivity index (χ0n) is 16.3. The second kappa shape index (κ2) is 9.62. The van der Waals surface area contributed by atoms with E-state index in [4.69, 9.17) is 4.74 Å². The quantitative estimate of drug-likeness (QED) is 0.637. The number of halogens is 1. The van der Waals surface area contributed by atoms with E-state index in [0.717, 1.165) is 5.56 Å². The standard InChI is InChI=1S/C20H23FN2O5S/c1-4-18(19(24)22-16-9-7-15(21)8-10-16)28-20(25)14(3)23-29(26,27)17-11-5-13(2)6-12-17/h5-12,14,18,23H,4H2,1-3H3,(H,22,24)/t14-,18?/m0/s1. The highest BCUT2D eigenvalue weighted by molar-refractivity contribution is 7.89. The lowest BCUT2D eigenvalue weighted by molar-refractivity contribution is -0.155. The number of hydrogen-bond donors (Lipinski definition) is 2. The molecule has 7 nitrogen and oxygen atoms in total. The van der Waals surface area contributed by atoms with E-state index < -0.39 is 39.9 Å². The van der Waals surface area contributed by atoms with Crippen LogP contribution < -0.4 is 10.0 Å². The Balaban J connectivity index is 1.99. The number of amides is 1. The highest BCUT2D eigenvalue weighted by Crippen LogP contribution is 2.13. The van der Waals surface area contributed by atoms with Gasteiger partial charge in [0.05, 0.1) is 4.90 Å². The summed E-state index contributed by atoms with van der Waals surface area (Å²) < 4.78 is 45.1. The molecule has 0 radical (unpaired) electrons. The molecule has 0 heterocycles. The van der Waals surface area contributed by atoms with Crippen molar-refractivity contribution in [2.45, 2.75) is 44.2 Å². The molecule has 0 saturated carbocycles. The summed E-state index contributed by atoms with van der Waals surface area (Å²) in [6.45, 7) is 4.80. The maximum absolute atomic E-state index is 12.9. The van der Waals surface area contributed by atoms with Crippen molar-refractivity contribution in [1.29, 1.82) is 0 Å². The third-order valence-corrected chi connectivity index (χ3v) is 5.61. The second-order valence-electron chi connectivity index (χ2n) is 6.49. The highest BCUT2D eigenvalue weighted by Gasteiger charge is 2.27. The molecule has 0 fully saturated rings. The van der Waals surface area contributed by atoms with Gasteiger partial charge >= 0.3 is 5.97 Å². The number of carbonyl (C=O) groups excluding carboxylic acids is 2. The van der Waals surface area contributed by atoms with Crippen LogP contribution in [0, 0.1) is 12.7 Å². The number of rotatable bonds is 8. The largest absolute Gasteiger partial charge is 0.451 e. The first-order valence-electron chi connectivity index (χ1n) is 8.98. The Kier molecular flexibility index (Phi) is 7.46. The zero-order valence-corrected chi connectivity index (χ0v) is 17.1. The Morgan fingerprint density at radius 2 is 1.66 bits per heavy atom. The van der Waals surface area contributed by atoms with Crippen molar-refractivity contribution >= 4 is 27.6 Å². The minimum Gasteiger partial charge on any atom is -0.451 e. The molecule has 0 aliphatic carbocycles. The summed E-state index contributed by atoms with van der Waals surface area (Å²) in [6, 6.07) is 10.1. The summed E-state index contributed by atoms with van der Waals surface area (Å²) in [4.78, 5) is 24.6. The number of esters is 1. The predicted octanol–water partition coefficient (Wildman–Crippen LogP) is 2.76. The molecule has 1 unspecified atom stereocenters. The van der Waals surface area contributed by atoms with Crippen molar-refractivity contribution in [3.63, 3.8) is 0 Å². The van der Waals surface area contributed by atoms with E-state index >= 15 is 0 Å². The van der Waals surface area contributed by atoms with E-state index in [1.165, 1.54) is 43.3 Å². The molecule has 1 amide bonds. The summed E-state index contributed by atoms with van der Waals surface area (Å²) in [7, 11) is -3.92. The van der Waals surface area contributed by atoms with Crippen LogP contribution >= 0.6 is 0 Å². The molecule has 0 aromatic heterocycles. The number of anilines is 1. The fourth-order valence-corrected chi connectivity index (χ4v) is 3.58. The lowest BCUT2D eigenvalue weighted by Crippen LogP contribution is -2.42. The van der Waals surface area contributed by atoms with Crippen LogP contribution in [0.2, 0.25) is 0 Å². The molecular formula is C20H23FN2O5S. The van der Waals surface area contributed by atoms with Gasteiger partial charge in [0.15, 0.2) is 6.10 Å². The summed E-state index contributed by atoms with van der Waals surface area (Å²) in [5, 5.41) is 2.52. The maximum Gasteiger partial charge on any atom is 0.324 e. The van der Waals surface area contributed by atoms with Crippen molar-refractivity contribution in [3.05, 3.63) is 59.9 Å². The monoisotopic (exact) mass is 422 g/mol. The molecule has 2 atom stereocenters. The first-order valence-corrected chi connectivity index (χ1v) is 10.5. The molecule has 2 aromatic rings. The number of aryl methyl sites for hydroxylation is 1. The van der Waals surface area contributed by atoms with Crippen molar-refractivity contribution < 1.29 is 27.1 Å². The minimum atomic E-state index is -3.92. The third kappa shape index (κ3) is 6.37. The van der Waals surface area contributed by atoms with Gasteiger partial charge in [0.2, 0.25) is 10.0 Å². The molecule has 0 saturated heterocycles. The van der Waals surface area contributed by atoms with Crippen LogP contribution in [0.15, 0.2) is 53.4 Å². The number of carbonyl (C=O) groups is 2. The molecule has 2 aromatic carbocycles. The van der Waals surface area contributed by atoms with E-state index in [1.807, 2.05) is 6.92 Å². The molecule has 0 aliphatic heterocycles. The van der Waals surface area contributed by atoms with Gasteiger partial charge in [-0.1, -0.05) is 24.6 Å². The Labute approximate surface area is 169 Å². The number of benzene rings is 2. The van der Waals surface area contributed by atoms with Gasteiger partial charge in [0.25, 0.3) is 5.91 Å². The van der Waals surface area contributed by atoms with Crippen molar-refractivity contribution in [1.82, 2.24) is 4.72 Å². The van der Waals surface area contributed by atoms with Crippen LogP contribution in [0.25, 0.3) is 0 Å². The molecule has 2 rings (SSSR count). The van der Waals surface area contributed by atoms with Gasteiger partial charge in [-0.2, -0.15) is 4.72 Å². The number of nitrogens with one attached hydrogen (secondary N) is 2. The maximum atomic E-state index is 12.9. The van der Waals surface area contributed by atoms with Crippen LogP contribution in [-0.4, -0.2) is 32.4 Å². The third-order valence-electron chi connectivity index (χ3n) is 4.05. The summed E-state index contributed by atoms with van der Waals surface area (Å²) in [5.74, 6) is -1.93. The number of sulfonamides is 1. The zero-order chi connectivity index (χ0) is 21.6. The van der Waals surface area contributed by atoms with Gasteiger partial charge in [-0.05, 0) is 56.7 Å². The molecule has 2 N–H and O–H groups in total. The van der Waals surface area contributed by atoms with E-state index in [9.17, 15) is 22.4 Å². The van der Waals surface area contributed by atoms with Crippen molar-refractivity contribution in [2.75, 3.05) is 5.32 Å². The van der Waals surface area contributed by atoms with Gasteiger partial charge in [-0.3, -0.25) is 9.59 Å². The Morgan fingerprint density at radius 1 is 1.07 bits per heavy atom. The van der Waals surface area contributed by atoms with E-state index in [2.05, 4.69) is 10.0 Å². The Hall–Kier alpha value is -2.78. The molecule has 0 aliphatic rings. The van der Waals surface area contributed by atoms with E-state index in [0.29, 0.717) is 5.69 Å². The molecule has 9 heteroatoms.